The van der Waals surface area contributed by atoms with Gasteiger partial charge in [-0.1, -0.05) is 20.8 Å². The van der Waals surface area contributed by atoms with Crippen molar-refractivity contribution >= 4 is 27.8 Å². The molecule has 7 heteroatoms. The number of rotatable bonds is 3. The number of carbonyl (C=O) groups is 1. The maximum absolute atomic E-state index is 13.9. The zero-order chi connectivity index (χ0) is 17.2. The summed E-state index contributed by atoms with van der Waals surface area (Å²) in [6, 6.07) is 4.47. The van der Waals surface area contributed by atoms with E-state index in [1.807, 2.05) is 20.8 Å². The zero-order valence-corrected chi connectivity index (χ0v) is 14.6. The zero-order valence-electron chi connectivity index (χ0n) is 13.0. The number of nitrogens with zero attached hydrogens (tertiary/aromatic N) is 3. The molecule has 1 N–H and O–H groups in total. The van der Waals surface area contributed by atoms with Crippen molar-refractivity contribution in [3.63, 3.8) is 0 Å². The lowest BCUT2D eigenvalue weighted by Gasteiger charge is -2.27. The summed E-state index contributed by atoms with van der Waals surface area (Å²) in [4.78, 5) is 20.8. The lowest BCUT2D eigenvalue weighted by Crippen LogP contribution is -2.37. The van der Waals surface area contributed by atoms with Gasteiger partial charge in [0.2, 0.25) is 0 Å². The second-order valence-electron chi connectivity index (χ2n) is 6.32. The van der Waals surface area contributed by atoms with Gasteiger partial charge in [0, 0.05) is 36.1 Å². The van der Waals surface area contributed by atoms with Crippen LogP contribution in [0.25, 0.3) is 11.1 Å². The lowest BCUT2D eigenvalue weighted by atomic mass is 9.96. The monoisotopic (exact) mass is 381 g/mol. The van der Waals surface area contributed by atoms with E-state index in [-0.39, 0.29) is 5.41 Å². The smallest absolute Gasteiger partial charge is 0.413 e. The molecule has 0 spiro atoms. The Morgan fingerprint density at radius 3 is 2.48 bits per heavy atom. The Bertz CT molecular complexity index is 714. The molecule has 2 aromatic heterocycles. The fourth-order valence-corrected chi connectivity index (χ4v) is 2.35. The molecule has 2 heterocycles. The molecule has 0 saturated heterocycles. The van der Waals surface area contributed by atoms with Gasteiger partial charge in [-0.2, -0.15) is 0 Å². The summed E-state index contributed by atoms with van der Waals surface area (Å²) in [5.41, 5.74) is 0.637. The molecule has 0 aromatic carbocycles. The van der Waals surface area contributed by atoms with Crippen molar-refractivity contribution in [1.82, 2.24) is 9.97 Å². The van der Waals surface area contributed by atoms with Crippen molar-refractivity contribution in [3.8, 4) is 11.1 Å². The largest absolute Gasteiger partial charge is 0.465 e. The van der Waals surface area contributed by atoms with Crippen molar-refractivity contribution in [2.24, 2.45) is 5.41 Å². The molecule has 0 aliphatic heterocycles. The summed E-state index contributed by atoms with van der Waals surface area (Å²) < 4.78 is 14.4. The standard InChI is InChI=1S/C16H17BrFN3O2/c1-16(2,3)9-21(15(22)23)14-5-4-10(7-20-14)11-8-19-13(17)6-12(11)18/h4-8H,9H2,1-3H3,(H,22,23). The first-order valence-corrected chi connectivity index (χ1v) is 7.74. The molecule has 0 saturated carbocycles. The Morgan fingerprint density at radius 2 is 2.00 bits per heavy atom. The Balaban J connectivity index is 2.32. The quantitative estimate of drug-likeness (QED) is 0.790. The topological polar surface area (TPSA) is 66.3 Å². The van der Waals surface area contributed by atoms with E-state index in [0.717, 1.165) is 0 Å². The van der Waals surface area contributed by atoms with E-state index in [0.29, 0.717) is 28.1 Å². The van der Waals surface area contributed by atoms with Crippen LogP contribution in [0.3, 0.4) is 0 Å². The fourth-order valence-electron chi connectivity index (χ4n) is 2.05. The molecule has 2 rings (SSSR count). The van der Waals surface area contributed by atoms with Gasteiger partial charge in [-0.15, -0.1) is 0 Å². The number of hydrogen-bond donors (Lipinski definition) is 1. The van der Waals surface area contributed by atoms with Gasteiger partial charge < -0.3 is 5.11 Å². The van der Waals surface area contributed by atoms with Crippen LogP contribution in [0.4, 0.5) is 15.0 Å². The van der Waals surface area contributed by atoms with Crippen LogP contribution in [0.15, 0.2) is 35.2 Å². The Hall–Kier alpha value is -2.02. The highest BCUT2D eigenvalue weighted by atomic mass is 79.9. The molecule has 0 aliphatic rings. The van der Waals surface area contributed by atoms with Crippen molar-refractivity contribution < 1.29 is 14.3 Å². The predicted octanol–water partition coefficient (Wildman–Crippen LogP) is 4.58. The maximum Gasteiger partial charge on any atom is 0.413 e. The van der Waals surface area contributed by atoms with E-state index >= 15 is 0 Å². The van der Waals surface area contributed by atoms with Gasteiger partial charge >= 0.3 is 6.09 Å². The van der Waals surface area contributed by atoms with Crippen LogP contribution in [0.1, 0.15) is 20.8 Å². The minimum atomic E-state index is -1.07. The number of amides is 1. The van der Waals surface area contributed by atoms with Crippen LogP contribution < -0.4 is 4.90 Å². The molecule has 0 atom stereocenters. The fraction of sp³-hybridized carbons (Fsp3) is 0.312. The summed E-state index contributed by atoms with van der Waals surface area (Å²) in [5.74, 6) is -0.118. The molecule has 23 heavy (non-hydrogen) atoms. The Morgan fingerprint density at radius 1 is 1.30 bits per heavy atom. The van der Waals surface area contributed by atoms with Crippen molar-refractivity contribution in [2.75, 3.05) is 11.4 Å². The Kier molecular flexibility index (Phi) is 4.99. The number of hydrogen-bond acceptors (Lipinski definition) is 3. The van der Waals surface area contributed by atoms with Gasteiger partial charge in [0.05, 0.1) is 0 Å². The highest BCUT2D eigenvalue weighted by Gasteiger charge is 2.23. The molecule has 122 valence electrons. The summed E-state index contributed by atoms with van der Waals surface area (Å²) in [6.45, 7) is 6.14. The Labute approximate surface area is 142 Å². The number of anilines is 1. The van der Waals surface area contributed by atoms with Crippen LogP contribution >= 0.6 is 15.9 Å². The average Bonchev–Trinajstić information content (AvgIpc) is 2.44. The molecule has 0 bridgehead atoms. The highest BCUT2D eigenvalue weighted by molar-refractivity contribution is 9.10. The van der Waals surface area contributed by atoms with Crippen LogP contribution in [-0.4, -0.2) is 27.7 Å². The molecule has 0 radical (unpaired) electrons. The van der Waals surface area contributed by atoms with E-state index in [1.54, 1.807) is 12.1 Å². The second kappa shape index (κ2) is 6.62. The number of aromatic nitrogens is 2. The van der Waals surface area contributed by atoms with Gasteiger partial charge in [-0.25, -0.2) is 19.2 Å². The van der Waals surface area contributed by atoms with Gasteiger partial charge in [-0.05, 0) is 33.5 Å². The third-order valence-electron chi connectivity index (χ3n) is 3.02. The van der Waals surface area contributed by atoms with Crippen LogP contribution in [0.5, 0.6) is 0 Å². The van der Waals surface area contributed by atoms with E-state index in [2.05, 4.69) is 25.9 Å². The molecule has 1 amide bonds. The molecule has 2 aromatic rings. The van der Waals surface area contributed by atoms with Crippen molar-refractivity contribution in [2.45, 2.75) is 20.8 Å². The third kappa shape index (κ3) is 4.48. The first-order valence-electron chi connectivity index (χ1n) is 6.95. The van der Waals surface area contributed by atoms with E-state index in [4.69, 9.17) is 0 Å². The first kappa shape index (κ1) is 17.3. The average molecular weight is 382 g/mol. The minimum Gasteiger partial charge on any atom is -0.465 e. The van der Waals surface area contributed by atoms with Crippen LogP contribution in [0, 0.1) is 11.2 Å². The lowest BCUT2D eigenvalue weighted by molar-refractivity contribution is 0.198. The van der Waals surface area contributed by atoms with Gasteiger partial charge in [0.25, 0.3) is 0 Å². The molecular formula is C16H17BrFN3O2. The summed E-state index contributed by atoms with van der Waals surface area (Å²) >= 11 is 3.10. The number of halogens is 2. The van der Waals surface area contributed by atoms with Crippen LogP contribution in [0.2, 0.25) is 0 Å². The SMILES string of the molecule is CC(C)(C)CN(C(=O)O)c1ccc(-c2cnc(Br)cc2F)cn1. The van der Waals surface area contributed by atoms with E-state index < -0.39 is 11.9 Å². The van der Waals surface area contributed by atoms with Gasteiger partial charge in [0.1, 0.15) is 16.2 Å². The molecular weight excluding hydrogens is 365 g/mol. The van der Waals surface area contributed by atoms with Gasteiger partial charge in [0.15, 0.2) is 0 Å². The third-order valence-corrected chi connectivity index (χ3v) is 3.45. The summed E-state index contributed by atoms with van der Waals surface area (Å²) in [7, 11) is 0. The summed E-state index contributed by atoms with van der Waals surface area (Å²) in [5, 5.41) is 9.36. The first-order chi connectivity index (χ1) is 10.7. The maximum atomic E-state index is 13.9. The predicted molar refractivity (Wildman–Crippen MR) is 90.0 cm³/mol. The van der Waals surface area contributed by atoms with Crippen LogP contribution in [-0.2, 0) is 0 Å². The normalized spacial score (nSPS) is 11.3. The molecule has 5 nitrogen and oxygen atoms in total. The van der Waals surface area contributed by atoms with E-state index in [1.165, 1.54) is 23.4 Å². The molecule has 0 unspecified atom stereocenters. The van der Waals surface area contributed by atoms with Crippen molar-refractivity contribution in [1.29, 1.82) is 0 Å². The molecule has 0 fully saturated rings. The van der Waals surface area contributed by atoms with Crippen molar-refractivity contribution in [3.05, 3.63) is 41.0 Å². The summed E-state index contributed by atoms with van der Waals surface area (Å²) in [6.07, 6.45) is 1.78. The van der Waals surface area contributed by atoms with E-state index in [9.17, 15) is 14.3 Å². The number of carboxylic acid groups (broad SMARTS) is 1. The number of pyridine rings is 2. The van der Waals surface area contributed by atoms with Gasteiger partial charge in [-0.3, -0.25) is 4.90 Å². The highest BCUT2D eigenvalue weighted by Crippen LogP contribution is 2.26. The minimum absolute atomic E-state index is 0.208. The second-order valence-corrected chi connectivity index (χ2v) is 7.13. The molecule has 0 aliphatic carbocycles.